The summed E-state index contributed by atoms with van der Waals surface area (Å²) in [6.45, 7) is 0.398. The fourth-order valence-electron chi connectivity index (χ4n) is 1.97. The van der Waals surface area contributed by atoms with Crippen molar-refractivity contribution in [2.75, 3.05) is 7.05 Å². The summed E-state index contributed by atoms with van der Waals surface area (Å²) in [5.41, 5.74) is 6.84. The van der Waals surface area contributed by atoms with Crippen LogP contribution in [0.3, 0.4) is 0 Å². The highest BCUT2D eigenvalue weighted by atomic mass is 16.3. The first-order chi connectivity index (χ1) is 9.56. The van der Waals surface area contributed by atoms with E-state index in [0.29, 0.717) is 13.0 Å². The average Bonchev–Trinajstić information content (AvgIpc) is 2.93. The molecule has 0 aliphatic rings. The zero-order chi connectivity index (χ0) is 14.5. The van der Waals surface area contributed by atoms with Gasteiger partial charge in [0.05, 0.1) is 18.8 Å². The van der Waals surface area contributed by atoms with Crippen LogP contribution in [-0.4, -0.2) is 29.0 Å². The van der Waals surface area contributed by atoms with E-state index >= 15 is 0 Å². The normalized spacial score (nSPS) is 12.1. The molecule has 3 N–H and O–H groups in total. The molecule has 0 saturated carbocycles. The molecule has 0 radical (unpaired) electrons. The Kier molecular flexibility index (Phi) is 4.42. The molecular weight excluding hydrogens is 256 g/mol. The van der Waals surface area contributed by atoms with Crippen LogP contribution in [0.15, 0.2) is 47.1 Å². The van der Waals surface area contributed by atoms with E-state index in [1.807, 2.05) is 6.07 Å². The Morgan fingerprint density at radius 1 is 1.35 bits per heavy atom. The van der Waals surface area contributed by atoms with Crippen LogP contribution >= 0.6 is 0 Å². The third-order valence-corrected chi connectivity index (χ3v) is 3.06. The lowest BCUT2D eigenvalue weighted by Crippen LogP contribution is -2.42. The summed E-state index contributed by atoms with van der Waals surface area (Å²) < 4.78 is 5.20. The molecule has 20 heavy (non-hydrogen) atoms. The van der Waals surface area contributed by atoms with Gasteiger partial charge in [0.1, 0.15) is 11.5 Å². The standard InChI is InChI=1S/C15H18N2O3/c1-17(10-13-3-2-8-20-13)15(19)14(16)9-11-4-6-12(18)7-5-11/h2-8,14,18H,9-10,16H2,1H3. The van der Waals surface area contributed by atoms with Crippen molar-refractivity contribution in [3.63, 3.8) is 0 Å². The molecule has 0 saturated heterocycles. The summed E-state index contributed by atoms with van der Waals surface area (Å²) in [7, 11) is 1.70. The third-order valence-electron chi connectivity index (χ3n) is 3.06. The molecule has 1 amide bonds. The van der Waals surface area contributed by atoms with E-state index in [-0.39, 0.29) is 11.7 Å². The van der Waals surface area contributed by atoms with Crippen molar-refractivity contribution in [1.29, 1.82) is 0 Å². The lowest BCUT2D eigenvalue weighted by atomic mass is 10.1. The van der Waals surface area contributed by atoms with E-state index in [9.17, 15) is 9.90 Å². The number of carbonyl (C=O) groups excluding carboxylic acids is 1. The molecule has 0 aliphatic heterocycles. The highest BCUT2D eigenvalue weighted by Gasteiger charge is 2.19. The van der Waals surface area contributed by atoms with Crippen molar-refractivity contribution >= 4 is 5.91 Å². The lowest BCUT2D eigenvalue weighted by Gasteiger charge is -2.20. The smallest absolute Gasteiger partial charge is 0.239 e. The SMILES string of the molecule is CN(Cc1ccco1)C(=O)C(N)Cc1ccc(O)cc1. The predicted molar refractivity (Wildman–Crippen MR) is 75.0 cm³/mol. The Morgan fingerprint density at radius 3 is 2.65 bits per heavy atom. The Hall–Kier alpha value is -2.27. The number of phenols is 1. The van der Waals surface area contributed by atoms with Crippen LogP contribution in [-0.2, 0) is 17.8 Å². The molecule has 0 fully saturated rings. The van der Waals surface area contributed by atoms with Crippen LogP contribution in [0.5, 0.6) is 5.75 Å². The lowest BCUT2D eigenvalue weighted by molar-refractivity contribution is -0.132. The van der Waals surface area contributed by atoms with Gasteiger partial charge in [-0.3, -0.25) is 4.79 Å². The van der Waals surface area contributed by atoms with Gasteiger partial charge in [0.15, 0.2) is 0 Å². The number of rotatable bonds is 5. The van der Waals surface area contributed by atoms with E-state index in [0.717, 1.165) is 11.3 Å². The Labute approximate surface area is 117 Å². The highest BCUT2D eigenvalue weighted by molar-refractivity contribution is 5.81. The second kappa shape index (κ2) is 6.25. The number of hydrogen-bond donors (Lipinski definition) is 2. The molecule has 1 aromatic carbocycles. The quantitative estimate of drug-likeness (QED) is 0.866. The van der Waals surface area contributed by atoms with Gasteiger partial charge in [-0.25, -0.2) is 0 Å². The summed E-state index contributed by atoms with van der Waals surface area (Å²) in [4.78, 5) is 13.7. The summed E-state index contributed by atoms with van der Waals surface area (Å²) in [5.74, 6) is 0.774. The van der Waals surface area contributed by atoms with Crippen molar-refractivity contribution in [2.24, 2.45) is 5.73 Å². The number of likely N-dealkylation sites (N-methyl/N-ethyl adjacent to an activating group) is 1. The molecule has 1 heterocycles. The molecule has 2 rings (SSSR count). The fraction of sp³-hybridized carbons (Fsp3) is 0.267. The summed E-state index contributed by atoms with van der Waals surface area (Å²) in [5, 5.41) is 9.22. The van der Waals surface area contributed by atoms with Gasteiger partial charge < -0.3 is 20.2 Å². The minimum Gasteiger partial charge on any atom is -0.508 e. The molecule has 0 bridgehead atoms. The van der Waals surface area contributed by atoms with Crippen molar-refractivity contribution in [2.45, 2.75) is 19.0 Å². The highest BCUT2D eigenvalue weighted by Crippen LogP contribution is 2.12. The van der Waals surface area contributed by atoms with Crippen molar-refractivity contribution in [3.05, 3.63) is 54.0 Å². The largest absolute Gasteiger partial charge is 0.508 e. The van der Waals surface area contributed by atoms with Crippen LogP contribution in [0.4, 0.5) is 0 Å². The van der Waals surface area contributed by atoms with Gasteiger partial charge in [-0.2, -0.15) is 0 Å². The molecule has 1 aromatic heterocycles. The van der Waals surface area contributed by atoms with Crippen molar-refractivity contribution < 1.29 is 14.3 Å². The number of phenolic OH excluding ortho intramolecular Hbond substituents is 1. The predicted octanol–water partition coefficient (Wildman–Crippen LogP) is 1.51. The van der Waals surface area contributed by atoms with E-state index < -0.39 is 6.04 Å². The van der Waals surface area contributed by atoms with Gasteiger partial charge in [-0.05, 0) is 36.2 Å². The molecule has 1 atom stereocenters. The van der Waals surface area contributed by atoms with E-state index in [1.165, 1.54) is 0 Å². The van der Waals surface area contributed by atoms with Crippen LogP contribution in [0.1, 0.15) is 11.3 Å². The maximum absolute atomic E-state index is 12.2. The van der Waals surface area contributed by atoms with Gasteiger partial charge in [0.25, 0.3) is 0 Å². The second-order valence-electron chi connectivity index (χ2n) is 4.75. The monoisotopic (exact) mass is 274 g/mol. The fourth-order valence-corrected chi connectivity index (χ4v) is 1.97. The first kappa shape index (κ1) is 14.1. The molecule has 0 spiro atoms. The van der Waals surface area contributed by atoms with Crippen LogP contribution in [0.2, 0.25) is 0 Å². The van der Waals surface area contributed by atoms with Crippen LogP contribution in [0.25, 0.3) is 0 Å². The van der Waals surface area contributed by atoms with E-state index in [1.54, 1.807) is 48.5 Å². The Bertz CT molecular complexity index is 549. The topological polar surface area (TPSA) is 79.7 Å². The number of aromatic hydroxyl groups is 1. The summed E-state index contributed by atoms with van der Waals surface area (Å²) >= 11 is 0. The van der Waals surface area contributed by atoms with Gasteiger partial charge in [-0.15, -0.1) is 0 Å². The van der Waals surface area contributed by atoms with E-state index in [4.69, 9.17) is 10.2 Å². The minimum absolute atomic E-state index is 0.144. The van der Waals surface area contributed by atoms with Crippen LogP contribution < -0.4 is 5.73 Å². The van der Waals surface area contributed by atoms with Gasteiger partial charge in [0.2, 0.25) is 5.91 Å². The molecule has 2 aromatic rings. The van der Waals surface area contributed by atoms with Gasteiger partial charge >= 0.3 is 0 Å². The minimum atomic E-state index is -0.612. The Morgan fingerprint density at radius 2 is 2.05 bits per heavy atom. The molecule has 1 unspecified atom stereocenters. The Balaban J connectivity index is 1.92. The zero-order valence-electron chi connectivity index (χ0n) is 11.3. The average molecular weight is 274 g/mol. The third kappa shape index (κ3) is 3.61. The molecule has 106 valence electrons. The zero-order valence-corrected chi connectivity index (χ0v) is 11.3. The van der Waals surface area contributed by atoms with Gasteiger partial charge in [-0.1, -0.05) is 12.1 Å². The first-order valence-corrected chi connectivity index (χ1v) is 6.37. The molecule has 0 aliphatic carbocycles. The number of furan rings is 1. The molecule has 5 heteroatoms. The van der Waals surface area contributed by atoms with E-state index in [2.05, 4.69) is 0 Å². The molecular formula is C15H18N2O3. The van der Waals surface area contributed by atoms with Crippen LogP contribution in [0, 0.1) is 0 Å². The number of amides is 1. The van der Waals surface area contributed by atoms with Gasteiger partial charge in [0, 0.05) is 7.05 Å². The van der Waals surface area contributed by atoms with Crippen molar-refractivity contribution in [1.82, 2.24) is 4.90 Å². The second-order valence-corrected chi connectivity index (χ2v) is 4.75. The van der Waals surface area contributed by atoms with Crippen molar-refractivity contribution in [3.8, 4) is 5.75 Å². The number of nitrogens with two attached hydrogens (primary N) is 1. The number of benzene rings is 1. The molecule has 5 nitrogen and oxygen atoms in total. The first-order valence-electron chi connectivity index (χ1n) is 6.37. The summed E-state index contributed by atoms with van der Waals surface area (Å²) in [6.07, 6.45) is 2.01. The number of carbonyl (C=O) groups is 1. The maximum Gasteiger partial charge on any atom is 0.239 e. The number of nitrogens with zero attached hydrogens (tertiary/aromatic N) is 1. The maximum atomic E-state index is 12.2. The number of hydrogen-bond acceptors (Lipinski definition) is 4. The summed E-state index contributed by atoms with van der Waals surface area (Å²) in [6, 6.07) is 9.67.